The van der Waals surface area contributed by atoms with E-state index >= 15 is 0 Å². The molecule has 2 aromatic carbocycles. The standard InChI is InChI=1S/C22H22N2O4S2/c1-26-15-9-10-19(27-2)18(12-15)23-22(29)24-20-17(21(25)28-3)13-16(30-20)11-14-7-5-4-6-8-14/h4-10,12-13H,11H2,1-3H3,(H2,23,24,29). The molecule has 2 N–H and O–H groups in total. The summed E-state index contributed by atoms with van der Waals surface area (Å²) < 4.78 is 15.6. The minimum atomic E-state index is -0.421. The van der Waals surface area contributed by atoms with Crippen LogP contribution in [0.2, 0.25) is 0 Å². The molecule has 0 fully saturated rings. The molecule has 0 atom stereocenters. The van der Waals surface area contributed by atoms with Crippen LogP contribution in [0, 0.1) is 0 Å². The highest BCUT2D eigenvalue weighted by Crippen LogP contribution is 2.32. The minimum absolute atomic E-state index is 0.319. The van der Waals surface area contributed by atoms with Gasteiger partial charge in [-0.05, 0) is 36.0 Å². The zero-order chi connectivity index (χ0) is 21.5. The minimum Gasteiger partial charge on any atom is -0.497 e. The van der Waals surface area contributed by atoms with Crippen LogP contribution in [-0.2, 0) is 11.2 Å². The third-order valence-electron chi connectivity index (χ3n) is 4.29. The van der Waals surface area contributed by atoms with Crippen molar-refractivity contribution in [3.63, 3.8) is 0 Å². The monoisotopic (exact) mass is 442 g/mol. The van der Waals surface area contributed by atoms with Crippen LogP contribution in [0.5, 0.6) is 11.5 Å². The first-order valence-corrected chi connectivity index (χ1v) is 10.3. The molecule has 30 heavy (non-hydrogen) atoms. The van der Waals surface area contributed by atoms with E-state index in [4.69, 9.17) is 26.4 Å². The van der Waals surface area contributed by atoms with E-state index < -0.39 is 5.97 Å². The van der Waals surface area contributed by atoms with Gasteiger partial charge < -0.3 is 24.8 Å². The van der Waals surface area contributed by atoms with Gasteiger partial charge in [0.1, 0.15) is 16.5 Å². The lowest BCUT2D eigenvalue weighted by Crippen LogP contribution is -2.20. The predicted octanol–water partition coefficient (Wildman–Crippen LogP) is 4.95. The zero-order valence-corrected chi connectivity index (χ0v) is 18.5. The average molecular weight is 443 g/mol. The molecule has 0 spiro atoms. The fraction of sp³-hybridized carbons (Fsp3) is 0.182. The number of methoxy groups -OCH3 is 3. The number of benzene rings is 2. The van der Waals surface area contributed by atoms with E-state index in [9.17, 15) is 4.79 Å². The van der Waals surface area contributed by atoms with Crippen LogP contribution in [0.3, 0.4) is 0 Å². The highest BCUT2D eigenvalue weighted by Gasteiger charge is 2.18. The highest BCUT2D eigenvalue weighted by atomic mass is 32.1. The quantitative estimate of drug-likeness (QED) is 0.396. The Kier molecular flexibility index (Phi) is 7.26. The Hall–Kier alpha value is -3.10. The molecule has 0 saturated carbocycles. The number of anilines is 2. The van der Waals surface area contributed by atoms with Gasteiger partial charge in [-0.25, -0.2) is 4.79 Å². The van der Waals surface area contributed by atoms with E-state index in [1.54, 1.807) is 32.4 Å². The van der Waals surface area contributed by atoms with Gasteiger partial charge in [-0.15, -0.1) is 11.3 Å². The summed E-state index contributed by atoms with van der Waals surface area (Å²) in [6.45, 7) is 0. The molecule has 6 nitrogen and oxygen atoms in total. The number of thiophene rings is 1. The molecule has 8 heteroatoms. The first kappa shape index (κ1) is 21.6. The number of carbonyl (C=O) groups excluding carboxylic acids is 1. The van der Waals surface area contributed by atoms with Crippen LogP contribution in [0.15, 0.2) is 54.6 Å². The fourth-order valence-electron chi connectivity index (χ4n) is 2.85. The SMILES string of the molecule is COC(=O)c1cc(Cc2ccccc2)sc1NC(=S)Nc1cc(OC)ccc1OC. The van der Waals surface area contributed by atoms with E-state index in [1.807, 2.05) is 36.4 Å². The van der Waals surface area contributed by atoms with Gasteiger partial charge in [-0.1, -0.05) is 30.3 Å². The smallest absolute Gasteiger partial charge is 0.340 e. The number of esters is 1. The maximum atomic E-state index is 12.3. The topological polar surface area (TPSA) is 68.8 Å². The molecule has 0 saturated heterocycles. The number of hydrogen-bond donors (Lipinski definition) is 2. The van der Waals surface area contributed by atoms with Crippen molar-refractivity contribution in [2.24, 2.45) is 0 Å². The van der Waals surface area contributed by atoms with Gasteiger partial charge in [0.15, 0.2) is 5.11 Å². The van der Waals surface area contributed by atoms with Crippen molar-refractivity contribution in [3.8, 4) is 11.5 Å². The highest BCUT2D eigenvalue weighted by molar-refractivity contribution is 7.80. The molecule has 0 radical (unpaired) electrons. The number of ether oxygens (including phenoxy) is 3. The summed E-state index contributed by atoms with van der Waals surface area (Å²) in [5.74, 6) is 0.858. The normalized spacial score (nSPS) is 10.2. The summed E-state index contributed by atoms with van der Waals surface area (Å²) in [6, 6.07) is 17.2. The molecular formula is C22H22N2O4S2. The van der Waals surface area contributed by atoms with Crippen molar-refractivity contribution in [1.29, 1.82) is 0 Å². The number of hydrogen-bond acceptors (Lipinski definition) is 6. The molecular weight excluding hydrogens is 420 g/mol. The van der Waals surface area contributed by atoms with Crippen LogP contribution in [0.25, 0.3) is 0 Å². The molecule has 0 aliphatic carbocycles. The maximum Gasteiger partial charge on any atom is 0.340 e. The van der Waals surface area contributed by atoms with Crippen LogP contribution in [0.4, 0.5) is 10.7 Å². The maximum absolute atomic E-state index is 12.3. The van der Waals surface area contributed by atoms with Crippen molar-refractivity contribution < 1.29 is 19.0 Å². The number of thiocarbonyl (C=S) groups is 1. The second-order valence-electron chi connectivity index (χ2n) is 6.25. The summed E-state index contributed by atoms with van der Waals surface area (Å²) in [7, 11) is 4.52. The van der Waals surface area contributed by atoms with Gasteiger partial charge in [0.25, 0.3) is 0 Å². The van der Waals surface area contributed by atoms with Gasteiger partial charge in [-0.2, -0.15) is 0 Å². The summed E-state index contributed by atoms with van der Waals surface area (Å²) in [5.41, 5.74) is 2.24. The van der Waals surface area contributed by atoms with E-state index in [2.05, 4.69) is 10.6 Å². The molecule has 0 aliphatic heterocycles. The summed E-state index contributed by atoms with van der Waals surface area (Å²) in [5, 5.41) is 7.15. The molecule has 3 aromatic rings. The Morgan fingerprint density at radius 2 is 1.77 bits per heavy atom. The Bertz CT molecular complexity index is 1030. The van der Waals surface area contributed by atoms with Crippen LogP contribution >= 0.6 is 23.6 Å². The Morgan fingerprint density at radius 1 is 1.00 bits per heavy atom. The van der Waals surface area contributed by atoms with E-state index in [-0.39, 0.29) is 0 Å². The first-order valence-electron chi connectivity index (χ1n) is 9.09. The van der Waals surface area contributed by atoms with E-state index in [1.165, 1.54) is 18.4 Å². The van der Waals surface area contributed by atoms with Crippen LogP contribution in [0.1, 0.15) is 20.8 Å². The van der Waals surface area contributed by atoms with Gasteiger partial charge in [0, 0.05) is 17.4 Å². The van der Waals surface area contributed by atoms with Crippen molar-refractivity contribution >= 4 is 45.3 Å². The summed E-state index contributed by atoms with van der Waals surface area (Å²) >= 11 is 6.92. The fourth-order valence-corrected chi connectivity index (χ4v) is 4.21. The lowest BCUT2D eigenvalue weighted by atomic mass is 10.1. The van der Waals surface area contributed by atoms with Crippen molar-refractivity contribution in [2.75, 3.05) is 32.0 Å². The third kappa shape index (κ3) is 5.28. The second kappa shape index (κ2) is 10.1. The van der Waals surface area contributed by atoms with Crippen LogP contribution < -0.4 is 20.1 Å². The van der Waals surface area contributed by atoms with Gasteiger partial charge in [-0.3, -0.25) is 0 Å². The van der Waals surface area contributed by atoms with Gasteiger partial charge in [0.05, 0.1) is 32.6 Å². The first-order chi connectivity index (χ1) is 14.5. The van der Waals surface area contributed by atoms with Crippen molar-refractivity contribution in [3.05, 3.63) is 70.6 Å². The summed E-state index contributed by atoms with van der Waals surface area (Å²) in [4.78, 5) is 13.3. The zero-order valence-electron chi connectivity index (χ0n) is 16.9. The Balaban J connectivity index is 1.81. The number of rotatable bonds is 7. The van der Waals surface area contributed by atoms with Gasteiger partial charge in [0.2, 0.25) is 0 Å². The molecule has 1 heterocycles. The lowest BCUT2D eigenvalue weighted by molar-refractivity contribution is 0.0602. The average Bonchev–Trinajstić information content (AvgIpc) is 3.15. The second-order valence-corrected chi connectivity index (χ2v) is 7.80. The molecule has 0 aliphatic rings. The van der Waals surface area contributed by atoms with E-state index in [0.717, 1.165) is 10.4 Å². The molecule has 0 bridgehead atoms. The predicted molar refractivity (Wildman–Crippen MR) is 124 cm³/mol. The van der Waals surface area contributed by atoms with Crippen LogP contribution in [-0.4, -0.2) is 32.4 Å². The van der Waals surface area contributed by atoms with Gasteiger partial charge >= 0.3 is 5.97 Å². The third-order valence-corrected chi connectivity index (χ3v) is 5.55. The molecule has 0 unspecified atom stereocenters. The summed E-state index contributed by atoms with van der Waals surface area (Å²) in [6.07, 6.45) is 0.709. The lowest BCUT2D eigenvalue weighted by Gasteiger charge is -2.14. The molecule has 1 aromatic heterocycles. The van der Waals surface area contributed by atoms with Crippen molar-refractivity contribution in [1.82, 2.24) is 0 Å². The molecule has 3 rings (SSSR count). The Morgan fingerprint density at radius 3 is 2.43 bits per heavy atom. The molecule has 156 valence electrons. The largest absolute Gasteiger partial charge is 0.497 e. The van der Waals surface area contributed by atoms with Crippen molar-refractivity contribution in [2.45, 2.75) is 6.42 Å². The Labute approximate surface area is 184 Å². The molecule has 0 amide bonds. The van der Waals surface area contributed by atoms with E-state index in [0.29, 0.717) is 39.3 Å². The number of carbonyl (C=O) groups is 1. The number of nitrogens with one attached hydrogen (secondary N) is 2.